The lowest BCUT2D eigenvalue weighted by molar-refractivity contribution is -0.121. The Hall–Kier alpha value is -2.91. The molecule has 0 heterocycles. The third kappa shape index (κ3) is 5.55. The quantitative estimate of drug-likeness (QED) is 0.563. The Balaban J connectivity index is 1.78. The summed E-state index contributed by atoms with van der Waals surface area (Å²) in [6, 6.07) is 28.4. The molecule has 0 spiro atoms. The first-order valence-corrected chi connectivity index (χ1v) is 10.4. The summed E-state index contributed by atoms with van der Waals surface area (Å²) in [7, 11) is 0. The number of nitrogens with one attached hydrogen (secondary N) is 1. The summed E-state index contributed by atoms with van der Waals surface area (Å²) in [6.07, 6.45) is 0. The minimum Gasteiger partial charge on any atom is -0.351 e. The summed E-state index contributed by atoms with van der Waals surface area (Å²) >= 11 is 0. The molecule has 1 amide bonds. The number of hydrogen-bond donors (Lipinski definition) is 1. The number of benzene rings is 3. The van der Waals surface area contributed by atoms with E-state index in [0.717, 1.165) is 30.8 Å². The van der Waals surface area contributed by atoms with Gasteiger partial charge in [0.2, 0.25) is 5.91 Å². The Morgan fingerprint density at radius 1 is 0.759 bits per heavy atom. The molecular formula is C26H30N2O. The molecule has 0 saturated heterocycles. The maximum absolute atomic E-state index is 13.2. The van der Waals surface area contributed by atoms with Gasteiger partial charge in [0.1, 0.15) is 0 Å². The monoisotopic (exact) mass is 386 g/mol. The molecule has 150 valence electrons. The van der Waals surface area contributed by atoms with Crippen LogP contribution in [0, 0.1) is 0 Å². The number of amides is 1. The largest absolute Gasteiger partial charge is 0.351 e. The first kappa shape index (κ1) is 20.8. The standard InChI is InChI=1S/C26H30N2O/c1-3-28(4-2)20-24-18-12-11-17-23(24)19-27-26(29)25(21-13-7-5-8-14-21)22-15-9-6-10-16-22/h5-18,25H,3-4,19-20H2,1-2H3,(H,27,29). The third-order valence-electron chi connectivity index (χ3n) is 5.39. The van der Waals surface area contributed by atoms with E-state index < -0.39 is 0 Å². The molecule has 3 aromatic carbocycles. The van der Waals surface area contributed by atoms with Crippen LogP contribution < -0.4 is 5.32 Å². The molecular weight excluding hydrogens is 356 g/mol. The Morgan fingerprint density at radius 3 is 1.76 bits per heavy atom. The van der Waals surface area contributed by atoms with E-state index in [-0.39, 0.29) is 11.8 Å². The van der Waals surface area contributed by atoms with Crippen LogP contribution >= 0.6 is 0 Å². The van der Waals surface area contributed by atoms with Crippen LogP contribution in [0.2, 0.25) is 0 Å². The molecule has 0 aliphatic carbocycles. The summed E-state index contributed by atoms with van der Waals surface area (Å²) in [4.78, 5) is 15.6. The van der Waals surface area contributed by atoms with Gasteiger partial charge < -0.3 is 5.32 Å². The molecule has 0 unspecified atom stereocenters. The fraction of sp³-hybridized carbons (Fsp3) is 0.269. The Bertz CT molecular complexity index is 849. The van der Waals surface area contributed by atoms with E-state index in [1.165, 1.54) is 11.1 Å². The highest BCUT2D eigenvalue weighted by Crippen LogP contribution is 2.25. The second-order valence-electron chi connectivity index (χ2n) is 7.20. The van der Waals surface area contributed by atoms with Crippen molar-refractivity contribution in [1.29, 1.82) is 0 Å². The maximum atomic E-state index is 13.2. The van der Waals surface area contributed by atoms with Crippen LogP contribution in [0.3, 0.4) is 0 Å². The van der Waals surface area contributed by atoms with E-state index in [9.17, 15) is 4.79 Å². The highest BCUT2D eigenvalue weighted by molar-refractivity contribution is 5.87. The lowest BCUT2D eigenvalue weighted by atomic mass is 9.90. The van der Waals surface area contributed by atoms with Crippen molar-refractivity contribution in [1.82, 2.24) is 10.2 Å². The van der Waals surface area contributed by atoms with Crippen molar-refractivity contribution in [2.24, 2.45) is 0 Å². The highest BCUT2D eigenvalue weighted by atomic mass is 16.1. The van der Waals surface area contributed by atoms with Gasteiger partial charge in [0.05, 0.1) is 5.92 Å². The highest BCUT2D eigenvalue weighted by Gasteiger charge is 2.22. The van der Waals surface area contributed by atoms with Crippen LogP contribution in [-0.4, -0.2) is 23.9 Å². The molecule has 3 nitrogen and oxygen atoms in total. The molecule has 3 aromatic rings. The molecule has 0 radical (unpaired) electrons. The number of carbonyl (C=O) groups excluding carboxylic acids is 1. The summed E-state index contributed by atoms with van der Waals surface area (Å²) in [5, 5.41) is 3.19. The van der Waals surface area contributed by atoms with E-state index in [2.05, 4.69) is 42.3 Å². The zero-order valence-corrected chi connectivity index (χ0v) is 17.3. The molecule has 0 fully saturated rings. The molecule has 3 heteroatoms. The Morgan fingerprint density at radius 2 is 1.24 bits per heavy atom. The van der Waals surface area contributed by atoms with Crippen LogP contribution in [0.5, 0.6) is 0 Å². The van der Waals surface area contributed by atoms with E-state index in [1.807, 2.05) is 66.7 Å². The fourth-order valence-electron chi connectivity index (χ4n) is 3.64. The van der Waals surface area contributed by atoms with Crippen molar-refractivity contribution < 1.29 is 4.79 Å². The third-order valence-corrected chi connectivity index (χ3v) is 5.39. The van der Waals surface area contributed by atoms with Gasteiger partial charge in [-0.2, -0.15) is 0 Å². The van der Waals surface area contributed by atoms with Crippen molar-refractivity contribution in [3.63, 3.8) is 0 Å². The fourth-order valence-corrected chi connectivity index (χ4v) is 3.64. The molecule has 3 rings (SSSR count). The second-order valence-corrected chi connectivity index (χ2v) is 7.20. The minimum absolute atomic E-state index is 0.0278. The normalized spacial score (nSPS) is 11.0. The molecule has 0 bridgehead atoms. The molecule has 0 atom stereocenters. The van der Waals surface area contributed by atoms with Gasteiger partial charge in [-0.05, 0) is 35.3 Å². The van der Waals surface area contributed by atoms with E-state index >= 15 is 0 Å². The lowest BCUT2D eigenvalue weighted by Crippen LogP contribution is -2.30. The molecule has 0 aromatic heterocycles. The van der Waals surface area contributed by atoms with Crippen LogP contribution in [0.15, 0.2) is 84.9 Å². The smallest absolute Gasteiger partial charge is 0.232 e. The number of hydrogen-bond acceptors (Lipinski definition) is 2. The summed E-state index contributed by atoms with van der Waals surface area (Å²) in [5.41, 5.74) is 4.46. The van der Waals surface area contributed by atoms with Gasteiger partial charge in [0.25, 0.3) is 0 Å². The van der Waals surface area contributed by atoms with Crippen LogP contribution in [0.4, 0.5) is 0 Å². The maximum Gasteiger partial charge on any atom is 0.232 e. The lowest BCUT2D eigenvalue weighted by Gasteiger charge is -2.21. The van der Waals surface area contributed by atoms with E-state index in [0.29, 0.717) is 6.54 Å². The second kappa shape index (κ2) is 10.6. The van der Waals surface area contributed by atoms with Crippen LogP contribution in [-0.2, 0) is 17.9 Å². The minimum atomic E-state index is -0.313. The molecule has 1 N–H and O–H groups in total. The van der Waals surface area contributed by atoms with Gasteiger partial charge in [-0.25, -0.2) is 0 Å². The van der Waals surface area contributed by atoms with E-state index in [4.69, 9.17) is 0 Å². The van der Waals surface area contributed by atoms with Gasteiger partial charge in [-0.1, -0.05) is 98.8 Å². The van der Waals surface area contributed by atoms with Gasteiger partial charge in [0.15, 0.2) is 0 Å². The SMILES string of the molecule is CCN(CC)Cc1ccccc1CNC(=O)C(c1ccccc1)c1ccccc1. The molecule has 29 heavy (non-hydrogen) atoms. The number of nitrogens with zero attached hydrogens (tertiary/aromatic N) is 1. The first-order chi connectivity index (χ1) is 14.2. The van der Waals surface area contributed by atoms with Gasteiger partial charge in [0, 0.05) is 13.1 Å². The zero-order valence-electron chi connectivity index (χ0n) is 17.3. The summed E-state index contributed by atoms with van der Waals surface area (Å²) in [5.74, 6) is -0.285. The first-order valence-electron chi connectivity index (χ1n) is 10.4. The number of rotatable bonds is 9. The van der Waals surface area contributed by atoms with Crippen molar-refractivity contribution in [3.05, 3.63) is 107 Å². The zero-order chi connectivity index (χ0) is 20.5. The van der Waals surface area contributed by atoms with Crippen molar-refractivity contribution in [2.75, 3.05) is 13.1 Å². The average Bonchev–Trinajstić information content (AvgIpc) is 2.78. The predicted octanol–water partition coefficient (Wildman–Crippen LogP) is 4.98. The summed E-state index contributed by atoms with van der Waals surface area (Å²) in [6.45, 7) is 7.82. The van der Waals surface area contributed by atoms with Crippen LogP contribution in [0.1, 0.15) is 42.0 Å². The van der Waals surface area contributed by atoms with Gasteiger partial charge in [-0.3, -0.25) is 9.69 Å². The Labute approximate surface area is 174 Å². The Kier molecular flexibility index (Phi) is 7.60. The van der Waals surface area contributed by atoms with Gasteiger partial charge in [-0.15, -0.1) is 0 Å². The van der Waals surface area contributed by atoms with E-state index in [1.54, 1.807) is 0 Å². The molecule has 0 saturated carbocycles. The number of carbonyl (C=O) groups is 1. The topological polar surface area (TPSA) is 32.3 Å². The predicted molar refractivity (Wildman–Crippen MR) is 120 cm³/mol. The van der Waals surface area contributed by atoms with Gasteiger partial charge >= 0.3 is 0 Å². The van der Waals surface area contributed by atoms with Crippen molar-refractivity contribution in [2.45, 2.75) is 32.9 Å². The molecule has 0 aliphatic heterocycles. The van der Waals surface area contributed by atoms with Crippen molar-refractivity contribution in [3.8, 4) is 0 Å². The van der Waals surface area contributed by atoms with Crippen molar-refractivity contribution >= 4 is 5.91 Å². The summed E-state index contributed by atoms with van der Waals surface area (Å²) < 4.78 is 0. The average molecular weight is 387 g/mol. The van der Waals surface area contributed by atoms with Crippen LogP contribution in [0.25, 0.3) is 0 Å². The molecule has 0 aliphatic rings.